The molecule has 3 aliphatic heterocycles. The second-order valence-electron chi connectivity index (χ2n) is 11.3. The molecule has 0 bridgehead atoms. The van der Waals surface area contributed by atoms with Crippen LogP contribution in [0.25, 0.3) is 0 Å². The lowest BCUT2D eigenvalue weighted by atomic mass is 9.92. The minimum atomic E-state index is -0.779. The van der Waals surface area contributed by atoms with Gasteiger partial charge in [0.2, 0.25) is 0 Å². The Labute approximate surface area is 213 Å². The first-order chi connectivity index (χ1) is 17.2. The van der Waals surface area contributed by atoms with Crippen LogP contribution < -0.4 is 0 Å². The zero-order valence-electron chi connectivity index (χ0n) is 21.5. The van der Waals surface area contributed by atoms with E-state index in [1.54, 1.807) is 4.90 Å². The number of rotatable bonds is 3. The van der Waals surface area contributed by atoms with Gasteiger partial charge in [-0.25, -0.2) is 9.18 Å². The maximum atomic E-state index is 13.9. The van der Waals surface area contributed by atoms with Crippen LogP contribution in [0.1, 0.15) is 59.8 Å². The fourth-order valence-electron chi connectivity index (χ4n) is 5.58. The maximum absolute atomic E-state index is 13.9. The van der Waals surface area contributed by atoms with Crippen molar-refractivity contribution >= 4 is 12.0 Å². The zero-order valence-corrected chi connectivity index (χ0v) is 21.5. The summed E-state index contributed by atoms with van der Waals surface area (Å²) in [6.07, 6.45) is 0.971. The van der Waals surface area contributed by atoms with Gasteiger partial charge in [0.1, 0.15) is 11.8 Å². The molecule has 0 aliphatic carbocycles. The predicted octanol–water partition coefficient (Wildman–Crippen LogP) is 4.59. The topological polar surface area (TPSA) is 53.1 Å². The van der Waals surface area contributed by atoms with Crippen molar-refractivity contribution in [3.8, 4) is 0 Å². The molecule has 3 heterocycles. The highest BCUT2D eigenvalue weighted by atomic mass is 19.1. The molecular formula is C29H36FN3O3. The molecule has 2 aromatic rings. The number of likely N-dealkylation sites (tertiary alicyclic amines) is 1. The van der Waals surface area contributed by atoms with Gasteiger partial charge in [-0.15, -0.1) is 0 Å². The fraction of sp³-hybridized carbons (Fsp3) is 0.517. The molecule has 0 radical (unpaired) electrons. The first kappa shape index (κ1) is 24.8. The van der Waals surface area contributed by atoms with Crippen LogP contribution in [-0.4, -0.2) is 70.7 Å². The largest absolute Gasteiger partial charge is 0.444 e. The number of hydrogen-bond donors (Lipinski definition) is 0. The zero-order chi connectivity index (χ0) is 25.4. The number of halogens is 1. The van der Waals surface area contributed by atoms with E-state index in [4.69, 9.17) is 4.74 Å². The Kier molecular flexibility index (Phi) is 6.77. The summed E-state index contributed by atoms with van der Waals surface area (Å²) in [6, 6.07) is 14.2. The second-order valence-corrected chi connectivity index (χ2v) is 11.3. The number of nitrogens with zero attached hydrogens (tertiary/aromatic N) is 3. The van der Waals surface area contributed by atoms with Crippen LogP contribution in [0, 0.1) is 0 Å². The highest BCUT2D eigenvalue weighted by Crippen LogP contribution is 2.28. The number of amides is 2. The molecule has 5 rings (SSSR count). The summed E-state index contributed by atoms with van der Waals surface area (Å²) < 4.78 is 19.4. The number of benzene rings is 2. The van der Waals surface area contributed by atoms with E-state index in [0.717, 1.165) is 30.5 Å². The average Bonchev–Trinajstić information content (AvgIpc) is 3.25. The van der Waals surface area contributed by atoms with Gasteiger partial charge in [0.25, 0.3) is 5.91 Å². The van der Waals surface area contributed by atoms with Crippen molar-refractivity contribution in [2.45, 2.75) is 70.9 Å². The first-order valence-electron chi connectivity index (χ1n) is 13.0. The summed E-state index contributed by atoms with van der Waals surface area (Å²) in [7, 11) is 0. The van der Waals surface area contributed by atoms with Gasteiger partial charge < -0.3 is 14.5 Å². The third-order valence-electron chi connectivity index (χ3n) is 7.42. The highest BCUT2D eigenvalue weighted by molar-refractivity contribution is 5.95. The van der Waals surface area contributed by atoms with E-state index < -0.39 is 11.8 Å². The monoisotopic (exact) mass is 493 g/mol. The van der Waals surface area contributed by atoms with Crippen molar-refractivity contribution in [1.29, 1.82) is 0 Å². The molecule has 0 N–H and O–H groups in total. The van der Waals surface area contributed by atoms with E-state index in [9.17, 15) is 14.0 Å². The van der Waals surface area contributed by atoms with Crippen molar-refractivity contribution in [1.82, 2.24) is 14.7 Å². The van der Waals surface area contributed by atoms with Crippen molar-refractivity contribution in [3.63, 3.8) is 0 Å². The van der Waals surface area contributed by atoms with Gasteiger partial charge in [-0.1, -0.05) is 30.3 Å². The van der Waals surface area contributed by atoms with Crippen LogP contribution in [0.5, 0.6) is 0 Å². The summed E-state index contributed by atoms with van der Waals surface area (Å²) in [5.74, 6) is -0.0114. The molecule has 2 aromatic carbocycles. The number of ether oxygens (including phenoxy) is 1. The Hall–Kier alpha value is -2.93. The summed E-state index contributed by atoms with van der Waals surface area (Å²) >= 11 is 0. The summed E-state index contributed by atoms with van der Waals surface area (Å²) in [5.41, 5.74) is 4.67. The first-order valence-corrected chi connectivity index (χ1v) is 13.0. The number of carbonyl (C=O) groups excluding carboxylic acids is 2. The summed E-state index contributed by atoms with van der Waals surface area (Å²) in [4.78, 5) is 32.3. The van der Waals surface area contributed by atoms with Crippen LogP contribution in [-0.2, 0) is 30.7 Å². The molecule has 0 aromatic heterocycles. The van der Waals surface area contributed by atoms with Crippen molar-refractivity contribution in [3.05, 3.63) is 70.3 Å². The molecule has 6 nitrogen and oxygen atoms in total. The van der Waals surface area contributed by atoms with Crippen LogP contribution in [0.2, 0.25) is 0 Å². The molecular weight excluding hydrogens is 457 g/mol. The molecule has 2 amide bonds. The lowest BCUT2D eigenvalue weighted by molar-refractivity contribution is 0.0224. The third-order valence-corrected chi connectivity index (χ3v) is 7.42. The Morgan fingerprint density at radius 1 is 1.00 bits per heavy atom. The highest BCUT2D eigenvalue weighted by Gasteiger charge is 2.34. The van der Waals surface area contributed by atoms with E-state index in [2.05, 4.69) is 17.0 Å². The fourth-order valence-corrected chi connectivity index (χ4v) is 5.58. The molecule has 0 spiro atoms. The summed E-state index contributed by atoms with van der Waals surface area (Å²) in [6.45, 7) is 9.04. The Bertz CT molecular complexity index is 1140. The molecule has 36 heavy (non-hydrogen) atoms. The molecule has 2 atom stereocenters. The van der Waals surface area contributed by atoms with Crippen LogP contribution in [0.4, 0.5) is 9.18 Å². The third kappa shape index (κ3) is 5.41. The molecule has 3 aliphatic rings. The van der Waals surface area contributed by atoms with Gasteiger partial charge in [0, 0.05) is 50.9 Å². The Morgan fingerprint density at radius 3 is 2.50 bits per heavy atom. The number of alkyl halides is 1. The van der Waals surface area contributed by atoms with E-state index >= 15 is 0 Å². The van der Waals surface area contributed by atoms with Gasteiger partial charge in [-0.3, -0.25) is 9.69 Å². The minimum absolute atomic E-state index is 0.00741. The number of fused-ring (bicyclic) bond motifs is 2. The van der Waals surface area contributed by atoms with Crippen LogP contribution in [0.3, 0.4) is 0 Å². The van der Waals surface area contributed by atoms with Crippen LogP contribution in [0.15, 0.2) is 42.5 Å². The number of hydrogen-bond acceptors (Lipinski definition) is 4. The Balaban J connectivity index is 1.36. The average molecular weight is 494 g/mol. The maximum Gasteiger partial charge on any atom is 0.410 e. The van der Waals surface area contributed by atoms with E-state index in [-0.39, 0.29) is 18.0 Å². The van der Waals surface area contributed by atoms with Crippen LogP contribution >= 0.6 is 0 Å². The summed E-state index contributed by atoms with van der Waals surface area (Å²) in [5, 5.41) is 0. The van der Waals surface area contributed by atoms with Crippen molar-refractivity contribution in [2.75, 3.05) is 26.2 Å². The van der Waals surface area contributed by atoms with Gasteiger partial charge in [0.05, 0.1) is 0 Å². The van der Waals surface area contributed by atoms with E-state index in [1.165, 1.54) is 11.1 Å². The second kappa shape index (κ2) is 9.85. The molecule has 1 saturated heterocycles. The molecule has 0 saturated carbocycles. The molecule has 0 unspecified atom stereocenters. The van der Waals surface area contributed by atoms with Gasteiger partial charge in [-0.05, 0) is 74.4 Å². The van der Waals surface area contributed by atoms with Gasteiger partial charge in [0.15, 0.2) is 0 Å². The smallest absolute Gasteiger partial charge is 0.410 e. The minimum Gasteiger partial charge on any atom is -0.444 e. The normalized spacial score (nSPS) is 22.2. The molecule has 192 valence electrons. The Morgan fingerprint density at radius 2 is 1.78 bits per heavy atom. The lowest BCUT2D eigenvalue weighted by Gasteiger charge is -2.39. The van der Waals surface area contributed by atoms with E-state index in [0.29, 0.717) is 44.7 Å². The quantitative estimate of drug-likeness (QED) is 0.628. The lowest BCUT2D eigenvalue weighted by Crippen LogP contribution is -2.50. The van der Waals surface area contributed by atoms with Crippen molar-refractivity contribution in [2.24, 2.45) is 0 Å². The number of carbonyl (C=O) groups is 2. The molecule has 7 heteroatoms. The predicted molar refractivity (Wildman–Crippen MR) is 137 cm³/mol. The standard InChI is InChI=1S/C29H36FN3O3/c1-29(2,3)36-28(35)32-13-10-20-8-9-22(14-24(20)16-32)27(34)33-17-23-7-5-4-6-21(23)15-26(33)19-31-12-11-25(30)18-31/h4-9,14,25-26H,10-13,15-19H2,1-3H3/t25-,26+/m1/s1. The van der Waals surface area contributed by atoms with Gasteiger partial charge in [-0.2, -0.15) is 0 Å². The van der Waals surface area contributed by atoms with Gasteiger partial charge >= 0.3 is 6.09 Å². The SMILES string of the molecule is CC(C)(C)OC(=O)N1CCc2ccc(C(=O)N3Cc4ccccc4C[C@H]3CN3CC[C@@H](F)C3)cc2C1. The van der Waals surface area contributed by atoms with Crippen molar-refractivity contribution < 1.29 is 18.7 Å². The van der Waals surface area contributed by atoms with E-state index in [1.807, 2.05) is 56.0 Å². The molecule has 1 fully saturated rings.